The minimum atomic E-state index is -6.02. The van der Waals surface area contributed by atoms with Gasteiger partial charge in [-0.3, -0.25) is 4.79 Å². The smallest absolute Gasteiger partial charge is 0.395 e. The number of halogens is 8. The predicted octanol–water partition coefficient (Wildman–Crippen LogP) is 7.41. The second-order valence-electron chi connectivity index (χ2n) is 8.10. The van der Waals surface area contributed by atoms with E-state index in [1.165, 1.54) is 23.9 Å². The van der Waals surface area contributed by atoms with Gasteiger partial charge in [0, 0.05) is 21.7 Å². The molecule has 38 heavy (non-hydrogen) atoms. The summed E-state index contributed by atoms with van der Waals surface area (Å²) < 4.78 is 78.9. The summed E-state index contributed by atoms with van der Waals surface area (Å²) in [5.74, 6) is -1.47. The average molecular weight is 598 g/mol. The highest BCUT2D eigenvalue weighted by Crippen LogP contribution is 2.50. The normalized spacial score (nSPS) is 13.3. The molecule has 3 rings (SSSR count). The van der Waals surface area contributed by atoms with Crippen molar-refractivity contribution in [2.75, 3.05) is 18.2 Å². The third kappa shape index (κ3) is 5.91. The number of aliphatic hydroxyl groups excluding tert-OH is 1. The van der Waals surface area contributed by atoms with E-state index in [1.807, 2.05) is 6.26 Å². The molecule has 3 aromatic rings. The van der Waals surface area contributed by atoms with Crippen molar-refractivity contribution in [3.8, 4) is 11.1 Å². The molecule has 0 aliphatic heterocycles. The predicted molar refractivity (Wildman–Crippen MR) is 135 cm³/mol. The first-order valence-electron chi connectivity index (χ1n) is 10.7. The van der Waals surface area contributed by atoms with Gasteiger partial charge in [0.15, 0.2) is 0 Å². The fourth-order valence-electron chi connectivity index (χ4n) is 3.69. The number of nitrogens with one attached hydrogen (secondary N) is 1. The number of aliphatic hydroxyl groups is 2. The summed E-state index contributed by atoms with van der Waals surface area (Å²) in [6.07, 6.45) is -10.2. The van der Waals surface area contributed by atoms with E-state index < -0.39 is 41.9 Å². The number of rotatable bonds is 7. The highest BCUT2D eigenvalue weighted by atomic mass is 35.5. The Balaban J connectivity index is 1.88. The molecule has 0 saturated carbocycles. The molecule has 3 aromatic carbocycles. The standard InChI is InChI=1S/C25H19Cl2F6NO3S/c1-38-17-8-4-13(5-9-17)18(12-35)22(36)34-16-10-19(26)21(20(27)11-16)14-2-6-15(7-3-14)23(37,24(28,29)30)25(31,32)33/h2-11,18,35,37H,12H2,1H3,(H,34,36). The minimum absolute atomic E-state index is 0.0627. The van der Waals surface area contributed by atoms with Gasteiger partial charge in [-0.25, -0.2) is 0 Å². The van der Waals surface area contributed by atoms with Crippen LogP contribution < -0.4 is 5.32 Å². The summed E-state index contributed by atoms with van der Waals surface area (Å²) in [6, 6.07) is 12.4. The molecule has 13 heteroatoms. The highest BCUT2D eigenvalue weighted by molar-refractivity contribution is 7.98. The maximum atomic E-state index is 13.1. The lowest BCUT2D eigenvalue weighted by Gasteiger charge is -2.32. The Morgan fingerprint density at radius 1 is 0.921 bits per heavy atom. The van der Waals surface area contributed by atoms with Gasteiger partial charge in [0.2, 0.25) is 5.91 Å². The van der Waals surface area contributed by atoms with Crippen LogP contribution in [0.3, 0.4) is 0 Å². The number of benzene rings is 3. The summed E-state index contributed by atoms with van der Waals surface area (Å²) in [6.45, 7) is -0.488. The molecule has 0 aliphatic rings. The van der Waals surface area contributed by atoms with Gasteiger partial charge in [-0.1, -0.05) is 59.6 Å². The van der Waals surface area contributed by atoms with Gasteiger partial charge in [0.05, 0.1) is 22.6 Å². The molecule has 0 spiro atoms. The number of anilines is 1. The lowest BCUT2D eigenvalue weighted by atomic mass is 9.90. The average Bonchev–Trinajstić information content (AvgIpc) is 2.83. The molecule has 0 heterocycles. The maximum Gasteiger partial charge on any atom is 0.430 e. The number of hydrogen-bond acceptors (Lipinski definition) is 4. The Morgan fingerprint density at radius 3 is 1.84 bits per heavy atom. The number of amides is 1. The maximum absolute atomic E-state index is 13.1. The minimum Gasteiger partial charge on any atom is -0.395 e. The molecule has 0 radical (unpaired) electrons. The van der Waals surface area contributed by atoms with Crippen LogP contribution in [0.25, 0.3) is 11.1 Å². The largest absolute Gasteiger partial charge is 0.430 e. The number of alkyl halides is 6. The van der Waals surface area contributed by atoms with Crippen molar-refractivity contribution in [1.29, 1.82) is 0 Å². The number of thioether (sulfide) groups is 1. The van der Waals surface area contributed by atoms with Crippen molar-refractivity contribution in [2.24, 2.45) is 0 Å². The van der Waals surface area contributed by atoms with Crippen molar-refractivity contribution in [1.82, 2.24) is 0 Å². The topological polar surface area (TPSA) is 69.6 Å². The first-order valence-corrected chi connectivity index (χ1v) is 12.6. The molecule has 1 unspecified atom stereocenters. The zero-order chi connectivity index (χ0) is 28.5. The van der Waals surface area contributed by atoms with Crippen LogP contribution in [-0.4, -0.2) is 41.3 Å². The van der Waals surface area contributed by atoms with E-state index in [0.717, 1.165) is 17.0 Å². The van der Waals surface area contributed by atoms with E-state index in [9.17, 15) is 41.4 Å². The number of carbonyl (C=O) groups excluding carboxylic acids is 1. The van der Waals surface area contributed by atoms with Gasteiger partial charge >= 0.3 is 12.4 Å². The van der Waals surface area contributed by atoms with E-state index in [-0.39, 0.29) is 26.9 Å². The summed E-state index contributed by atoms with van der Waals surface area (Å²) in [7, 11) is 0. The lowest BCUT2D eigenvalue weighted by Crippen LogP contribution is -2.53. The molecule has 0 aliphatic carbocycles. The van der Waals surface area contributed by atoms with Crippen molar-refractivity contribution in [3.63, 3.8) is 0 Å². The molecule has 0 bridgehead atoms. The Kier molecular flexibility index (Phi) is 8.99. The Labute approximate surface area is 227 Å². The third-order valence-corrected chi connectivity index (χ3v) is 7.08. The van der Waals surface area contributed by atoms with E-state index in [0.29, 0.717) is 17.7 Å². The molecular formula is C25H19Cl2F6NO3S. The van der Waals surface area contributed by atoms with Gasteiger partial charge < -0.3 is 15.5 Å². The fourth-order valence-corrected chi connectivity index (χ4v) is 4.81. The summed E-state index contributed by atoms with van der Waals surface area (Å²) in [4.78, 5) is 13.8. The zero-order valence-corrected chi connectivity index (χ0v) is 21.6. The molecule has 1 atom stereocenters. The summed E-state index contributed by atoms with van der Waals surface area (Å²) in [5, 5.41) is 21.8. The molecule has 1 amide bonds. The molecule has 0 aromatic heterocycles. The molecule has 3 N–H and O–H groups in total. The fraction of sp³-hybridized carbons (Fsp3) is 0.240. The van der Waals surface area contributed by atoms with Crippen molar-refractivity contribution in [3.05, 3.63) is 81.8 Å². The SMILES string of the molecule is CSc1ccc(C(CO)C(=O)Nc2cc(Cl)c(-c3ccc(C(O)(C(F)(F)F)C(F)(F)F)cc3)c(Cl)c2)cc1. The monoisotopic (exact) mass is 597 g/mol. The van der Waals surface area contributed by atoms with Crippen LogP contribution in [0.4, 0.5) is 32.0 Å². The number of hydrogen-bond donors (Lipinski definition) is 3. The van der Waals surface area contributed by atoms with Crippen LogP contribution in [-0.2, 0) is 10.4 Å². The Bertz CT molecular complexity index is 1260. The van der Waals surface area contributed by atoms with E-state index in [1.54, 1.807) is 24.3 Å². The van der Waals surface area contributed by atoms with Gasteiger partial charge in [0.1, 0.15) is 0 Å². The van der Waals surface area contributed by atoms with Crippen LogP contribution in [0, 0.1) is 0 Å². The second-order valence-corrected chi connectivity index (χ2v) is 9.79. The van der Waals surface area contributed by atoms with Gasteiger partial charge in [0.25, 0.3) is 5.60 Å². The third-order valence-electron chi connectivity index (χ3n) is 5.74. The van der Waals surface area contributed by atoms with Gasteiger partial charge in [-0.15, -0.1) is 11.8 Å². The second kappa shape index (κ2) is 11.4. The van der Waals surface area contributed by atoms with Crippen LogP contribution in [0.2, 0.25) is 10.0 Å². The number of carbonyl (C=O) groups is 1. The van der Waals surface area contributed by atoms with Crippen LogP contribution in [0.15, 0.2) is 65.6 Å². The molecule has 0 fully saturated rings. The molecule has 0 saturated heterocycles. The highest BCUT2D eigenvalue weighted by Gasteiger charge is 2.71. The Hall–Kier alpha value is -2.44. The Morgan fingerprint density at radius 2 is 1.42 bits per heavy atom. The molecule has 4 nitrogen and oxygen atoms in total. The van der Waals surface area contributed by atoms with Crippen molar-refractivity contribution in [2.45, 2.75) is 28.8 Å². The van der Waals surface area contributed by atoms with E-state index in [4.69, 9.17) is 23.2 Å². The van der Waals surface area contributed by atoms with Crippen molar-refractivity contribution < 1.29 is 41.4 Å². The molecular weight excluding hydrogens is 579 g/mol. The van der Waals surface area contributed by atoms with Crippen molar-refractivity contribution >= 4 is 46.6 Å². The lowest BCUT2D eigenvalue weighted by molar-refractivity contribution is -0.376. The summed E-state index contributed by atoms with van der Waals surface area (Å²) in [5.41, 5.74) is -5.65. The van der Waals surface area contributed by atoms with Crippen LogP contribution >= 0.6 is 35.0 Å². The van der Waals surface area contributed by atoms with Crippen LogP contribution in [0.1, 0.15) is 17.0 Å². The van der Waals surface area contributed by atoms with E-state index in [2.05, 4.69) is 5.32 Å². The van der Waals surface area contributed by atoms with E-state index >= 15 is 0 Å². The van der Waals surface area contributed by atoms with Crippen LogP contribution in [0.5, 0.6) is 0 Å². The zero-order valence-electron chi connectivity index (χ0n) is 19.3. The quantitative estimate of drug-likeness (QED) is 0.196. The van der Waals surface area contributed by atoms with Gasteiger partial charge in [-0.05, 0) is 41.6 Å². The first kappa shape index (κ1) is 30.1. The summed E-state index contributed by atoms with van der Waals surface area (Å²) >= 11 is 14.1. The molecule has 204 valence electrons. The van der Waals surface area contributed by atoms with Gasteiger partial charge in [-0.2, -0.15) is 26.3 Å². The first-order chi connectivity index (χ1) is 17.6.